The standard InChI is InChI=1S/C15H10ClFO3S/c1-9-15(13-8-10(16)2-7-14(13)20-9)21(18,19)12-5-3-11(17)4-6-12/h2-8H,1H3. The lowest BCUT2D eigenvalue weighted by Crippen LogP contribution is -2.02. The highest BCUT2D eigenvalue weighted by molar-refractivity contribution is 7.91. The molecule has 2 aromatic carbocycles. The van der Waals surface area contributed by atoms with Crippen LogP contribution in [0.25, 0.3) is 11.0 Å². The number of hydrogen-bond acceptors (Lipinski definition) is 3. The maximum atomic E-state index is 13.0. The second-order valence-corrected chi connectivity index (χ2v) is 6.91. The summed E-state index contributed by atoms with van der Waals surface area (Å²) in [5, 5.41) is 0.836. The first-order valence-electron chi connectivity index (χ1n) is 6.09. The Kier molecular flexibility index (Phi) is 3.26. The van der Waals surface area contributed by atoms with Crippen LogP contribution in [0, 0.1) is 12.7 Å². The zero-order chi connectivity index (χ0) is 15.2. The molecule has 1 heterocycles. The fraction of sp³-hybridized carbons (Fsp3) is 0.0667. The van der Waals surface area contributed by atoms with Crippen LogP contribution in [0.5, 0.6) is 0 Å². The first kappa shape index (κ1) is 14.1. The van der Waals surface area contributed by atoms with Crippen molar-refractivity contribution in [3.8, 4) is 0 Å². The van der Waals surface area contributed by atoms with E-state index in [4.69, 9.17) is 16.0 Å². The Hall–Kier alpha value is -1.85. The van der Waals surface area contributed by atoms with Crippen molar-refractivity contribution in [2.75, 3.05) is 0 Å². The molecule has 0 aliphatic carbocycles. The summed E-state index contributed by atoms with van der Waals surface area (Å²) >= 11 is 5.93. The lowest BCUT2D eigenvalue weighted by molar-refractivity contribution is 0.557. The third-order valence-electron chi connectivity index (χ3n) is 3.16. The van der Waals surface area contributed by atoms with E-state index in [2.05, 4.69) is 0 Å². The molecule has 0 radical (unpaired) electrons. The highest BCUT2D eigenvalue weighted by Crippen LogP contribution is 2.34. The SMILES string of the molecule is Cc1oc2ccc(Cl)cc2c1S(=O)(=O)c1ccc(F)cc1. The first-order chi connectivity index (χ1) is 9.89. The van der Waals surface area contributed by atoms with E-state index in [1.54, 1.807) is 25.1 Å². The average Bonchev–Trinajstić information content (AvgIpc) is 2.75. The number of benzene rings is 2. The molecular weight excluding hydrogens is 315 g/mol. The Morgan fingerprint density at radius 1 is 1.10 bits per heavy atom. The zero-order valence-corrected chi connectivity index (χ0v) is 12.5. The lowest BCUT2D eigenvalue weighted by atomic mass is 10.2. The molecule has 0 spiro atoms. The molecule has 21 heavy (non-hydrogen) atoms. The molecule has 0 amide bonds. The summed E-state index contributed by atoms with van der Waals surface area (Å²) in [6.45, 7) is 1.57. The van der Waals surface area contributed by atoms with Gasteiger partial charge in [-0.1, -0.05) is 11.6 Å². The van der Waals surface area contributed by atoms with Crippen molar-refractivity contribution in [2.45, 2.75) is 16.7 Å². The molecule has 1 aromatic heterocycles. The fourth-order valence-electron chi connectivity index (χ4n) is 2.24. The Balaban J connectivity index is 2.30. The lowest BCUT2D eigenvalue weighted by Gasteiger charge is -2.04. The number of aryl methyl sites for hydroxylation is 1. The summed E-state index contributed by atoms with van der Waals surface area (Å²) in [6.07, 6.45) is 0. The molecule has 0 saturated carbocycles. The van der Waals surface area contributed by atoms with E-state index in [0.717, 1.165) is 12.1 Å². The van der Waals surface area contributed by atoms with Crippen molar-refractivity contribution in [3.63, 3.8) is 0 Å². The van der Waals surface area contributed by atoms with Crippen molar-refractivity contribution in [1.82, 2.24) is 0 Å². The Morgan fingerprint density at radius 3 is 2.43 bits per heavy atom. The van der Waals surface area contributed by atoms with Gasteiger partial charge in [-0.05, 0) is 49.4 Å². The molecule has 3 aromatic rings. The molecule has 0 atom stereocenters. The van der Waals surface area contributed by atoms with Gasteiger partial charge in [-0.15, -0.1) is 0 Å². The zero-order valence-electron chi connectivity index (χ0n) is 10.9. The van der Waals surface area contributed by atoms with Crippen molar-refractivity contribution in [2.24, 2.45) is 0 Å². The molecule has 3 nitrogen and oxygen atoms in total. The summed E-state index contributed by atoms with van der Waals surface area (Å²) in [6, 6.07) is 9.47. The van der Waals surface area contributed by atoms with E-state index >= 15 is 0 Å². The molecule has 0 unspecified atom stereocenters. The molecule has 0 bridgehead atoms. The van der Waals surface area contributed by atoms with E-state index in [1.807, 2.05) is 0 Å². The maximum absolute atomic E-state index is 13.0. The largest absolute Gasteiger partial charge is 0.460 e. The van der Waals surface area contributed by atoms with Gasteiger partial charge in [0.05, 0.1) is 4.90 Å². The molecule has 0 saturated heterocycles. The molecule has 0 aliphatic heterocycles. The number of halogens is 2. The second kappa shape index (κ2) is 4.86. The van der Waals surface area contributed by atoms with Gasteiger partial charge >= 0.3 is 0 Å². The van der Waals surface area contributed by atoms with Crippen LogP contribution >= 0.6 is 11.6 Å². The predicted molar refractivity (Wildman–Crippen MR) is 77.8 cm³/mol. The minimum absolute atomic E-state index is 0.00896. The van der Waals surface area contributed by atoms with E-state index in [0.29, 0.717) is 16.0 Å². The van der Waals surface area contributed by atoms with Crippen LogP contribution in [0.3, 0.4) is 0 Å². The van der Waals surface area contributed by atoms with Crippen LogP contribution in [0.1, 0.15) is 5.76 Å². The summed E-state index contributed by atoms with van der Waals surface area (Å²) in [7, 11) is -3.81. The smallest absolute Gasteiger partial charge is 0.210 e. The highest BCUT2D eigenvalue weighted by atomic mass is 35.5. The van der Waals surface area contributed by atoms with Crippen LogP contribution in [-0.4, -0.2) is 8.42 Å². The maximum Gasteiger partial charge on any atom is 0.210 e. The summed E-state index contributed by atoms with van der Waals surface area (Å²) < 4.78 is 43.9. The van der Waals surface area contributed by atoms with E-state index in [1.165, 1.54) is 12.1 Å². The Bertz CT molecular complexity index is 927. The van der Waals surface area contributed by atoms with Crippen LogP contribution in [-0.2, 0) is 9.84 Å². The number of sulfone groups is 1. The Labute approximate surface area is 125 Å². The average molecular weight is 325 g/mol. The van der Waals surface area contributed by atoms with E-state index in [9.17, 15) is 12.8 Å². The number of hydrogen-bond donors (Lipinski definition) is 0. The Morgan fingerprint density at radius 2 is 1.76 bits per heavy atom. The van der Waals surface area contributed by atoms with Crippen LogP contribution in [0.15, 0.2) is 56.7 Å². The third kappa shape index (κ3) is 2.32. The highest BCUT2D eigenvalue weighted by Gasteiger charge is 2.26. The number of rotatable bonds is 2. The van der Waals surface area contributed by atoms with Gasteiger partial charge in [-0.25, -0.2) is 12.8 Å². The third-order valence-corrected chi connectivity index (χ3v) is 5.33. The molecule has 6 heteroatoms. The van der Waals surface area contributed by atoms with Gasteiger partial charge in [0.15, 0.2) is 0 Å². The minimum Gasteiger partial charge on any atom is -0.460 e. The van der Waals surface area contributed by atoms with Gasteiger partial charge in [0.2, 0.25) is 9.84 Å². The van der Waals surface area contributed by atoms with Gasteiger partial charge < -0.3 is 4.42 Å². The summed E-state index contributed by atoms with van der Waals surface area (Å²) in [5.74, 6) is -0.220. The molecule has 108 valence electrons. The molecule has 0 aliphatic rings. The molecule has 0 fully saturated rings. The second-order valence-electron chi connectivity index (χ2n) is 4.59. The monoisotopic (exact) mass is 324 g/mol. The minimum atomic E-state index is -3.81. The normalized spacial score (nSPS) is 12.0. The van der Waals surface area contributed by atoms with Gasteiger partial charge in [0.1, 0.15) is 22.1 Å². The quantitative estimate of drug-likeness (QED) is 0.658. The van der Waals surface area contributed by atoms with Crippen molar-refractivity contribution < 1.29 is 17.2 Å². The van der Waals surface area contributed by atoms with Crippen LogP contribution in [0.2, 0.25) is 5.02 Å². The topological polar surface area (TPSA) is 47.3 Å². The van der Waals surface area contributed by atoms with Crippen LogP contribution in [0.4, 0.5) is 4.39 Å². The van der Waals surface area contributed by atoms with Gasteiger partial charge in [0, 0.05) is 10.4 Å². The van der Waals surface area contributed by atoms with Gasteiger partial charge in [-0.2, -0.15) is 0 Å². The number of fused-ring (bicyclic) bond motifs is 1. The van der Waals surface area contributed by atoms with Crippen LogP contribution < -0.4 is 0 Å². The van der Waals surface area contributed by atoms with Gasteiger partial charge in [-0.3, -0.25) is 0 Å². The van der Waals surface area contributed by atoms with Gasteiger partial charge in [0.25, 0.3) is 0 Å². The van der Waals surface area contributed by atoms with E-state index in [-0.39, 0.29) is 15.6 Å². The fourth-order valence-corrected chi connectivity index (χ4v) is 4.01. The molecule has 3 rings (SSSR count). The van der Waals surface area contributed by atoms with Crippen molar-refractivity contribution in [1.29, 1.82) is 0 Å². The predicted octanol–water partition coefficient (Wildman–Crippen LogP) is 4.37. The first-order valence-corrected chi connectivity index (χ1v) is 7.95. The van der Waals surface area contributed by atoms with Crippen molar-refractivity contribution in [3.05, 3.63) is 59.1 Å². The van der Waals surface area contributed by atoms with Crippen molar-refractivity contribution >= 4 is 32.4 Å². The van der Waals surface area contributed by atoms with E-state index < -0.39 is 15.7 Å². The molecular formula is C15H10ClFO3S. The summed E-state index contributed by atoms with van der Waals surface area (Å²) in [4.78, 5) is 0.0706. The number of furan rings is 1. The summed E-state index contributed by atoms with van der Waals surface area (Å²) in [5.41, 5.74) is 0.442. The molecule has 0 N–H and O–H groups in total.